The molecule has 0 aromatic heterocycles. The molecule has 1 aromatic rings. The smallest absolute Gasteiger partial charge is 0.309 e. The van der Waals surface area contributed by atoms with Gasteiger partial charge in [0.25, 0.3) is 0 Å². The molecule has 1 heterocycles. The van der Waals surface area contributed by atoms with Crippen LogP contribution in [0.25, 0.3) is 0 Å². The molecule has 0 saturated carbocycles. The lowest BCUT2D eigenvalue weighted by Gasteiger charge is -2.33. The van der Waals surface area contributed by atoms with Crippen molar-refractivity contribution < 1.29 is 19.1 Å². The van der Waals surface area contributed by atoms with Gasteiger partial charge in [0.15, 0.2) is 0 Å². The Bertz CT molecular complexity index is 589. The van der Waals surface area contributed by atoms with Crippen LogP contribution in [0, 0.1) is 0 Å². The first-order chi connectivity index (χ1) is 11.5. The van der Waals surface area contributed by atoms with Crippen molar-refractivity contribution >= 4 is 17.7 Å². The van der Waals surface area contributed by atoms with E-state index in [2.05, 4.69) is 10.6 Å². The quantitative estimate of drug-likeness (QED) is 0.772. The van der Waals surface area contributed by atoms with Crippen molar-refractivity contribution in [3.05, 3.63) is 35.9 Å². The minimum absolute atomic E-state index is 0.134. The van der Waals surface area contributed by atoms with Gasteiger partial charge in [0, 0.05) is 12.6 Å². The molecule has 1 saturated heterocycles. The maximum Gasteiger partial charge on any atom is 0.309 e. The molecular formula is C17H23N3O4. The summed E-state index contributed by atoms with van der Waals surface area (Å²) in [5, 5.41) is 4.83. The molecule has 24 heavy (non-hydrogen) atoms. The van der Waals surface area contributed by atoms with Gasteiger partial charge in [-0.1, -0.05) is 30.3 Å². The van der Waals surface area contributed by atoms with Crippen molar-refractivity contribution in [1.29, 1.82) is 0 Å². The molecule has 0 radical (unpaired) electrons. The van der Waals surface area contributed by atoms with Crippen LogP contribution in [0.4, 0.5) is 0 Å². The molecule has 1 aromatic carbocycles. The number of carbonyl (C=O) groups is 3. The fraction of sp³-hybridized carbons (Fsp3) is 0.471. The highest BCUT2D eigenvalue weighted by molar-refractivity contribution is 6.35. The van der Waals surface area contributed by atoms with E-state index in [1.165, 1.54) is 0 Å². The van der Waals surface area contributed by atoms with E-state index in [4.69, 9.17) is 4.74 Å². The second kappa shape index (κ2) is 8.44. The molecule has 2 rings (SSSR count). The third kappa shape index (κ3) is 5.06. The number of morpholine rings is 1. The minimum Gasteiger partial charge on any atom is -0.370 e. The lowest BCUT2D eigenvalue weighted by molar-refractivity contribution is -0.142. The van der Waals surface area contributed by atoms with Gasteiger partial charge in [0.2, 0.25) is 5.91 Å². The van der Waals surface area contributed by atoms with Crippen molar-refractivity contribution in [2.75, 3.05) is 26.2 Å². The maximum atomic E-state index is 12.2. The summed E-state index contributed by atoms with van der Waals surface area (Å²) in [7, 11) is 0. The molecule has 2 N–H and O–H groups in total. The summed E-state index contributed by atoms with van der Waals surface area (Å²) in [6.45, 7) is 4.65. The molecule has 0 bridgehead atoms. The highest BCUT2D eigenvalue weighted by atomic mass is 16.5. The predicted molar refractivity (Wildman–Crippen MR) is 88.0 cm³/mol. The Labute approximate surface area is 141 Å². The van der Waals surface area contributed by atoms with Crippen LogP contribution in [0.1, 0.15) is 25.5 Å². The van der Waals surface area contributed by atoms with Gasteiger partial charge in [-0.3, -0.25) is 14.4 Å². The number of benzene rings is 1. The van der Waals surface area contributed by atoms with E-state index in [0.29, 0.717) is 19.7 Å². The van der Waals surface area contributed by atoms with E-state index < -0.39 is 11.8 Å². The fourth-order valence-corrected chi connectivity index (χ4v) is 2.42. The number of hydrogen-bond donors (Lipinski definition) is 2. The van der Waals surface area contributed by atoms with Crippen LogP contribution in [0.3, 0.4) is 0 Å². The standard InChI is InChI=1S/C17H23N3O4/c1-12(2)19-17(23)16(22)18-10-15(21)20-8-9-24-14(11-20)13-6-4-3-5-7-13/h3-7,12,14H,8-11H2,1-2H3,(H,18,22)(H,19,23)/t14-/m1/s1. The number of hydrogen-bond acceptors (Lipinski definition) is 4. The highest BCUT2D eigenvalue weighted by Gasteiger charge is 2.26. The van der Waals surface area contributed by atoms with Gasteiger partial charge in [-0.15, -0.1) is 0 Å². The van der Waals surface area contributed by atoms with E-state index >= 15 is 0 Å². The van der Waals surface area contributed by atoms with Crippen LogP contribution in [-0.2, 0) is 19.1 Å². The van der Waals surface area contributed by atoms with Crippen LogP contribution < -0.4 is 10.6 Å². The average molecular weight is 333 g/mol. The van der Waals surface area contributed by atoms with Crippen LogP contribution in [0.5, 0.6) is 0 Å². The highest BCUT2D eigenvalue weighted by Crippen LogP contribution is 2.21. The Kier molecular flexibility index (Phi) is 6.31. The topological polar surface area (TPSA) is 87.7 Å². The summed E-state index contributed by atoms with van der Waals surface area (Å²) >= 11 is 0. The van der Waals surface area contributed by atoms with E-state index in [-0.39, 0.29) is 24.6 Å². The summed E-state index contributed by atoms with van der Waals surface area (Å²) in [6, 6.07) is 9.55. The fourth-order valence-electron chi connectivity index (χ4n) is 2.42. The lowest BCUT2D eigenvalue weighted by Crippen LogP contribution is -2.49. The molecule has 1 atom stereocenters. The molecule has 130 valence electrons. The van der Waals surface area contributed by atoms with Crippen molar-refractivity contribution in [2.45, 2.75) is 26.0 Å². The molecule has 0 spiro atoms. The number of nitrogens with zero attached hydrogens (tertiary/aromatic N) is 1. The van der Waals surface area contributed by atoms with Crippen LogP contribution in [-0.4, -0.2) is 54.9 Å². The summed E-state index contributed by atoms with van der Waals surface area (Å²) < 4.78 is 5.71. The van der Waals surface area contributed by atoms with E-state index in [9.17, 15) is 14.4 Å². The third-order valence-corrected chi connectivity index (χ3v) is 3.62. The van der Waals surface area contributed by atoms with Crippen molar-refractivity contribution in [3.8, 4) is 0 Å². The Morgan fingerprint density at radius 3 is 2.58 bits per heavy atom. The molecule has 7 nitrogen and oxygen atoms in total. The van der Waals surface area contributed by atoms with Gasteiger partial charge in [0.05, 0.1) is 19.7 Å². The minimum atomic E-state index is -0.801. The molecule has 0 unspecified atom stereocenters. The third-order valence-electron chi connectivity index (χ3n) is 3.62. The molecular weight excluding hydrogens is 310 g/mol. The zero-order valence-corrected chi connectivity index (χ0v) is 14.0. The summed E-state index contributed by atoms with van der Waals surface area (Å²) in [4.78, 5) is 37.0. The summed E-state index contributed by atoms with van der Waals surface area (Å²) in [5.74, 6) is -1.77. The lowest BCUT2D eigenvalue weighted by atomic mass is 10.1. The van der Waals surface area contributed by atoms with Gasteiger partial charge in [-0.25, -0.2) is 0 Å². The van der Waals surface area contributed by atoms with Gasteiger partial charge in [0.1, 0.15) is 6.10 Å². The van der Waals surface area contributed by atoms with Crippen LogP contribution in [0.2, 0.25) is 0 Å². The van der Waals surface area contributed by atoms with Gasteiger partial charge >= 0.3 is 11.8 Å². The Morgan fingerprint density at radius 2 is 1.92 bits per heavy atom. The van der Waals surface area contributed by atoms with Gasteiger partial charge in [-0.05, 0) is 19.4 Å². The van der Waals surface area contributed by atoms with E-state index in [1.54, 1.807) is 18.7 Å². The number of ether oxygens (including phenoxy) is 1. The maximum absolute atomic E-state index is 12.2. The van der Waals surface area contributed by atoms with E-state index in [1.807, 2.05) is 30.3 Å². The van der Waals surface area contributed by atoms with Crippen molar-refractivity contribution in [3.63, 3.8) is 0 Å². The number of rotatable bonds is 4. The van der Waals surface area contributed by atoms with Crippen molar-refractivity contribution in [1.82, 2.24) is 15.5 Å². The average Bonchev–Trinajstić information content (AvgIpc) is 2.59. The molecule has 7 heteroatoms. The Balaban J connectivity index is 1.84. The number of carbonyl (C=O) groups excluding carboxylic acids is 3. The summed E-state index contributed by atoms with van der Waals surface area (Å²) in [6.07, 6.45) is -0.177. The first kappa shape index (κ1) is 17.9. The molecule has 1 aliphatic rings. The normalized spacial score (nSPS) is 17.5. The first-order valence-corrected chi connectivity index (χ1v) is 8.00. The van der Waals surface area contributed by atoms with E-state index in [0.717, 1.165) is 5.56 Å². The number of amides is 3. The largest absolute Gasteiger partial charge is 0.370 e. The molecule has 1 aliphatic heterocycles. The second-order valence-corrected chi connectivity index (χ2v) is 5.92. The zero-order chi connectivity index (χ0) is 17.5. The van der Waals surface area contributed by atoms with Crippen LogP contribution >= 0.6 is 0 Å². The van der Waals surface area contributed by atoms with Gasteiger partial charge < -0.3 is 20.3 Å². The van der Waals surface area contributed by atoms with Gasteiger partial charge in [-0.2, -0.15) is 0 Å². The monoisotopic (exact) mass is 333 g/mol. The zero-order valence-electron chi connectivity index (χ0n) is 14.0. The van der Waals surface area contributed by atoms with Crippen molar-refractivity contribution in [2.24, 2.45) is 0 Å². The Hall–Kier alpha value is -2.41. The number of nitrogens with one attached hydrogen (secondary N) is 2. The first-order valence-electron chi connectivity index (χ1n) is 8.00. The molecule has 3 amide bonds. The second-order valence-electron chi connectivity index (χ2n) is 5.92. The summed E-state index contributed by atoms with van der Waals surface area (Å²) in [5.41, 5.74) is 1.01. The molecule has 0 aliphatic carbocycles. The SMILES string of the molecule is CC(C)NC(=O)C(=O)NCC(=O)N1CCO[C@@H](c2ccccc2)C1. The molecule has 1 fully saturated rings. The Morgan fingerprint density at radius 1 is 1.21 bits per heavy atom. The predicted octanol–water partition coefficient (Wildman–Crippen LogP) is 0.227. The van der Waals surface area contributed by atoms with Crippen LogP contribution in [0.15, 0.2) is 30.3 Å².